The summed E-state index contributed by atoms with van der Waals surface area (Å²) in [5, 5.41) is 15.0. The number of carbonyl (C=O) groups is 3. The van der Waals surface area contributed by atoms with Crippen molar-refractivity contribution in [3.05, 3.63) is 42.0 Å². The van der Waals surface area contributed by atoms with Gasteiger partial charge in [0.15, 0.2) is 0 Å². The molecule has 1 aromatic carbocycles. The van der Waals surface area contributed by atoms with E-state index in [1.807, 2.05) is 6.07 Å². The minimum atomic E-state index is -1.26. The topological polar surface area (TPSA) is 108 Å². The maximum Gasteiger partial charge on any atom is 0.408 e. The third-order valence-corrected chi connectivity index (χ3v) is 4.70. The molecule has 32 heavy (non-hydrogen) atoms. The molecule has 0 aromatic heterocycles. The minimum Gasteiger partial charge on any atom is -0.444 e. The lowest BCUT2D eigenvalue weighted by Gasteiger charge is -2.31. The van der Waals surface area contributed by atoms with E-state index in [1.165, 1.54) is 11.9 Å². The maximum atomic E-state index is 13.1. The zero-order chi connectivity index (χ0) is 24.3. The molecule has 2 unspecified atom stereocenters. The molecule has 1 aromatic rings. The van der Waals surface area contributed by atoms with E-state index in [9.17, 15) is 19.5 Å². The second kappa shape index (κ2) is 12.9. The fraction of sp³-hybridized carbons (Fsp3) is 0.542. The fourth-order valence-corrected chi connectivity index (χ4v) is 3.10. The number of nitrogens with zero attached hydrogens (tertiary/aromatic N) is 1. The van der Waals surface area contributed by atoms with Crippen molar-refractivity contribution in [2.75, 3.05) is 20.2 Å². The fourth-order valence-electron chi connectivity index (χ4n) is 3.10. The van der Waals surface area contributed by atoms with Crippen LogP contribution < -0.4 is 10.6 Å². The number of benzene rings is 1. The second-order valence-corrected chi connectivity index (χ2v) is 8.61. The van der Waals surface area contributed by atoms with Gasteiger partial charge in [0.1, 0.15) is 17.7 Å². The van der Waals surface area contributed by atoms with Crippen molar-refractivity contribution < 1.29 is 24.2 Å². The van der Waals surface area contributed by atoms with Crippen LogP contribution in [0.25, 0.3) is 6.08 Å². The van der Waals surface area contributed by atoms with E-state index in [1.54, 1.807) is 45.0 Å². The van der Waals surface area contributed by atoms with E-state index in [0.29, 0.717) is 12.1 Å². The molecule has 8 nitrogen and oxygen atoms in total. The molecule has 0 saturated heterocycles. The van der Waals surface area contributed by atoms with Crippen LogP contribution in [-0.4, -0.2) is 59.8 Å². The largest absolute Gasteiger partial charge is 0.444 e. The van der Waals surface area contributed by atoms with E-state index in [4.69, 9.17) is 4.74 Å². The first-order valence-corrected chi connectivity index (χ1v) is 10.9. The molecule has 0 aliphatic carbocycles. The van der Waals surface area contributed by atoms with Crippen LogP contribution in [0.1, 0.15) is 64.1 Å². The van der Waals surface area contributed by atoms with Crippen LogP contribution in [-0.2, 0) is 14.3 Å². The first-order valence-electron chi connectivity index (χ1n) is 10.9. The molecule has 0 aliphatic rings. The smallest absolute Gasteiger partial charge is 0.408 e. The number of aliphatic hydroxyl groups is 1. The van der Waals surface area contributed by atoms with Crippen LogP contribution in [0.15, 0.2) is 30.8 Å². The van der Waals surface area contributed by atoms with Crippen molar-refractivity contribution in [1.82, 2.24) is 15.5 Å². The number of hydrogen-bond acceptors (Lipinski definition) is 5. The number of unbranched alkanes of at least 4 members (excludes halogenated alkanes) is 2. The summed E-state index contributed by atoms with van der Waals surface area (Å²) in [6.45, 7) is 10.8. The summed E-state index contributed by atoms with van der Waals surface area (Å²) in [6.07, 6.45) is 3.67. The van der Waals surface area contributed by atoms with Crippen LogP contribution >= 0.6 is 0 Å². The molecule has 0 radical (unpaired) electrons. The Morgan fingerprint density at radius 3 is 2.50 bits per heavy atom. The Bertz CT molecular complexity index is 788. The molecule has 0 fully saturated rings. The zero-order valence-electron chi connectivity index (χ0n) is 19.8. The van der Waals surface area contributed by atoms with Gasteiger partial charge in [-0.15, -0.1) is 0 Å². The van der Waals surface area contributed by atoms with Gasteiger partial charge in [-0.2, -0.15) is 0 Å². The zero-order valence-corrected chi connectivity index (χ0v) is 19.8. The van der Waals surface area contributed by atoms with Crippen molar-refractivity contribution in [1.29, 1.82) is 0 Å². The number of alkyl carbamates (subject to hydrolysis) is 1. The Morgan fingerprint density at radius 1 is 1.25 bits per heavy atom. The molecule has 2 atom stereocenters. The number of hydrogen-bond donors (Lipinski definition) is 3. The molecule has 178 valence electrons. The Labute approximate surface area is 191 Å². The van der Waals surface area contributed by atoms with Crippen molar-refractivity contribution >= 4 is 24.0 Å². The molecule has 3 N–H and O–H groups in total. The van der Waals surface area contributed by atoms with E-state index in [-0.39, 0.29) is 5.91 Å². The van der Waals surface area contributed by atoms with Crippen LogP contribution in [0.2, 0.25) is 0 Å². The standard InChI is InChI=1S/C24H37N3O5/c1-7-9-10-14-25-21(29)20(18-13-11-12-17(8-2)15-18)27(6)22(30)19(16-28)26-23(31)32-24(3,4)5/h8,11-13,15,19-20,28H,2,7,9-10,14,16H2,1,3-6H3,(H,25,29)(H,26,31). The summed E-state index contributed by atoms with van der Waals surface area (Å²) in [6, 6.07) is 4.95. The molecular formula is C24H37N3O5. The highest BCUT2D eigenvalue weighted by Gasteiger charge is 2.33. The van der Waals surface area contributed by atoms with Crippen LogP contribution in [0, 0.1) is 0 Å². The average molecular weight is 448 g/mol. The van der Waals surface area contributed by atoms with Gasteiger partial charge in [-0.05, 0) is 44.4 Å². The van der Waals surface area contributed by atoms with Crippen molar-refractivity contribution in [2.24, 2.45) is 0 Å². The lowest BCUT2D eigenvalue weighted by Crippen LogP contribution is -2.53. The third-order valence-electron chi connectivity index (χ3n) is 4.70. The molecular weight excluding hydrogens is 410 g/mol. The van der Waals surface area contributed by atoms with Crippen molar-refractivity contribution in [2.45, 2.75) is 64.6 Å². The first-order chi connectivity index (χ1) is 15.0. The van der Waals surface area contributed by atoms with Crippen LogP contribution in [0.3, 0.4) is 0 Å². The van der Waals surface area contributed by atoms with Gasteiger partial charge in [0, 0.05) is 13.6 Å². The second-order valence-electron chi connectivity index (χ2n) is 8.61. The van der Waals surface area contributed by atoms with Crippen molar-refractivity contribution in [3.8, 4) is 0 Å². The lowest BCUT2D eigenvalue weighted by atomic mass is 10.0. The van der Waals surface area contributed by atoms with E-state index >= 15 is 0 Å². The molecule has 0 aliphatic heterocycles. The Balaban J connectivity index is 3.12. The van der Waals surface area contributed by atoms with Gasteiger partial charge >= 0.3 is 6.09 Å². The van der Waals surface area contributed by atoms with Gasteiger partial charge in [0.05, 0.1) is 6.61 Å². The van der Waals surface area contributed by atoms with Gasteiger partial charge in [0.25, 0.3) is 0 Å². The van der Waals surface area contributed by atoms with Gasteiger partial charge in [0.2, 0.25) is 11.8 Å². The summed E-state index contributed by atoms with van der Waals surface area (Å²) in [7, 11) is 1.47. The predicted molar refractivity (Wildman–Crippen MR) is 125 cm³/mol. The van der Waals surface area contributed by atoms with Gasteiger partial charge < -0.3 is 25.4 Å². The van der Waals surface area contributed by atoms with Gasteiger partial charge in [-0.3, -0.25) is 9.59 Å². The SMILES string of the molecule is C=Cc1cccc(C(C(=O)NCCCCC)N(C)C(=O)C(CO)NC(=O)OC(C)(C)C)c1. The van der Waals surface area contributed by atoms with Gasteiger partial charge in [-0.1, -0.05) is 50.6 Å². The molecule has 8 heteroatoms. The van der Waals surface area contributed by atoms with E-state index in [0.717, 1.165) is 24.8 Å². The minimum absolute atomic E-state index is 0.341. The van der Waals surface area contributed by atoms with E-state index in [2.05, 4.69) is 24.1 Å². The quantitative estimate of drug-likeness (QED) is 0.452. The molecule has 3 amide bonds. The number of aliphatic hydroxyl groups excluding tert-OH is 1. The maximum absolute atomic E-state index is 13.1. The summed E-state index contributed by atoms with van der Waals surface area (Å²) in [5.41, 5.74) is 0.642. The monoisotopic (exact) mass is 447 g/mol. The summed E-state index contributed by atoms with van der Waals surface area (Å²) in [5.74, 6) is -0.955. The normalized spacial score (nSPS) is 12.9. The number of amides is 3. The molecule has 0 bridgehead atoms. The highest BCUT2D eigenvalue weighted by molar-refractivity contribution is 5.92. The number of likely N-dealkylation sites (N-methyl/N-ethyl adjacent to an activating group) is 1. The van der Waals surface area contributed by atoms with Crippen LogP contribution in [0.5, 0.6) is 0 Å². The molecule has 1 rings (SSSR count). The third kappa shape index (κ3) is 8.70. The number of carbonyl (C=O) groups excluding carboxylic acids is 3. The molecule has 0 heterocycles. The van der Waals surface area contributed by atoms with Crippen LogP contribution in [0.4, 0.5) is 4.79 Å². The lowest BCUT2D eigenvalue weighted by molar-refractivity contribution is -0.141. The number of ether oxygens (including phenoxy) is 1. The molecule has 0 spiro atoms. The Hall–Kier alpha value is -2.87. The Kier molecular flexibility index (Phi) is 10.9. The number of rotatable bonds is 11. The number of nitrogens with one attached hydrogen (secondary N) is 2. The molecule has 0 saturated carbocycles. The van der Waals surface area contributed by atoms with Gasteiger partial charge in [-0.25, -0.2) is 4.79 Å². The highest BCUT2D eigenvalue weighted by Crippen LogP contribution is 2.22. The highest BCUT2D eigenvalue weighted by atomic mass is 16.6. The summed E-state index contributed by atoms with van der Waals surface area (Å²) < 4.78 is 5.18. The average Bonchev–Trinajstić information content (AvgIpc) is 2.73. The van der Waals surface area contributed by atoms with E-state index < -0.39 is 36.3 Å². The summed E-state index contributed by atoms with van der Waals surface area (Å²) >= 11 is 0. The predicted octanol–water partition coefficient (Wildman–Crippen LogP) is 3.02. The first kappa shape index (κ1) is 27.2. The van der Waals surface area contributed by atoms with Crippen molar-refractivity contribution in [3.63, 3.8) is 0 Å². The Morgan fingerprint density at radius 2 is 1.94 bits per heavy atom. The summed E-state index contributed by atoms with van der Waals surface area (Å²) in [4.78, 5) is 39.5.